The number of ether oxygens (including phenoxy) is 2. The fraction of sp³-hybridized carbons (Fsp3) is 0.462. The van der Waals surface area contributed by atoms with Crippen LogP contribution in [-0.2, 0) is 26.2 Å². The minimum atomic E-state index is -3.64. The molecule has 0 unspecified atom stereocenters. The molecule has 0 saturated heterocycles. The summed E-state index contributed by atoms with van der Waals surface area (Å²) >= 11 is 12.4. The van der Waals surface area contributed by atoms with E-state index < -0.39 is 16.1 Å². The first-order valence-electron chi connectivity index (χ1n) is 12.3. The number of carbonyl (C=O) groups excluding carboxylic acids is 2. The van der Waals surface area contributed by atoms with Gasteiger partial charge in [-0.15, -0.1) is 0 Å². The molecule has 2 aromatic carbocycles. The highest BCUT2D eigenvalue weighted by Gasteiger charge is 2.28. The van der Waals surface area contributed by atoms with E-state index in [2.05, 4.69) is 5.32 Å². The van der Waals surface area contributed by atoms with Crippen molar-refractivity contribution in [1.82, 2.24) is 10.2 Å². The summed E-state index contributed by atoms with van der Waals surface area (Å²) in [6, 6.07) is 9.03. The smallest absolute Gasteiger partial charge is 0.242 e. The third kappa shape index (κ3) is 7.68. The molecule has 1 aliphatic rings. The minimum absolute atomic E-state index is 0.0166. The number of halogens is 2. The number of benzene rings is 2. The molecule has 1 heterocycles. The van der Waals surface area contributed by atoms with E-state index in [0.717, 1.165) is 12.7 Å². The van der Waals surface area contributed by atoms with Crippen LogP contribution in [0.1, 0.15) is 45.6 Å². The summed E-state index contributed by atoms with van der Waals surface area (Å²) in [5, 5.41) is 3.76. The predicted molar refractivity (Wildman–Crippen MR) is 148 cm³/mol. The van der Waals surface area contributed by atoms with Gasteiger partial charge in [-0.3, -0.25) is 13.9 Å². The van der Waals surface area contributed by atoms with Gasteiger partial charge >= 0.3 is 0 Å². The van der Waals surface area contributed by atoms with E-state index in [9.17, 15) is 18.0 Å². The van der Waals surface area contributed by atoms with E-state index in [1.54, 1.807) is 43.3 Å². The zero-order valence-corrected chi connectivity index (χ0v) is 24.2. The van der Waals surface area contributed by atoms with Gasteiger partial charge in [-0.05, 0) is 56.5 Å². The van der Waals surface area contributed by atoms with Crippen LogP contribution in [0.25, 0.3) is 0 Å². The van der Waals surface area contributed by atoms with Gasteiger partial charge in [0.25, 0.3) is 0 Å². The Balaban J connectivity index is 1.76. The SMILES string of the molecule is CC[C@@H](C)NC(=O)[C@@H](C)N(Cc1ccc(Cl)cc1Cl)C(=O)CCCN(c1ccc2c(c1)OCO2)S(C)(=O)=O. The molecule has 208 valence electrons. The molecule has 9 nitrogen and oxygen atoms in total. The van der Waals surface area contributed by atoms with Crippen LogP contribution in [0.4, 0.5) is 5.69 Å². The highest BCUT2D eigenvalue weighted by molar-refractivity contribution is 7.92. The lowest BCUT2D eigenvalue weighted by atomic mass is 10.1. The maximum absolute atomic E-state index is 13.4. The second-order valence-corrected chi connectivity index (χ2v) is 12.0. The quantitative estimate of drug-likeness (QED) is 0.390. The largest absolute Gasteiger partial charge is 0.454 e. The third-order valence-electron chi connectivity index (χ3n) is 6.32. The van der Waals surface area contributed by atoms with Crippen LogP contribution in [0.3, 0.4) is 0 Å². The average Bonchev–Trinajstić information content (AvgIpc) is 3.32. The number of anilines is 1. The molecule has 0 aliphatic carbocycles. The Morgan fingerprint density at radius 1 is 1.08 bits per heavy atom. The molecule has 12 heteroatoms. The Bertz CT molecular complexity index is 1270. The zero-order chi connectivity index (χ0) is 28.0. The number of rotatable bonds is 12. The van der Waals surface area contributed by atoms with Gasteiger partial charge in [0.05, 0.1) is 11.9 Å². The van der Waals surface area contributed by atoms with Crippen LogP contribution in [-0.4, -0.2) is 56.8 Å². The lowest BCUT2D eigenvalue weighted by Gasteiger charge is -2.30. The molecular formula is C26H33Cl2N3O6S. The van der Waals surface area contributed by atoms with Gasteiger partial charge in [0.2, 0.25) is 28.6 Å². The van der Waals surface area contributed by atoms with Crippen molar-refractivity contribution in [1.29, 1.82) is 0 Å². The second kappa shape index (κ2) is 12.9. The van der Waals surface area contributed by atoms with Gasteiger partial charge < -0.3 is 19.7 Å². The molecule has 0 aromatic heterocycles. The lowest BCUT2D eigenvalue weighted by molar-refractivity contribution is -0.140. The van der Waals surface area contributed by atoms with Crippen LogP contribution < -0.4 is 19.1 Å². The van der Waals surface area contributed by atoms with Crippen LogP contribution >= 0.6 is 23.2 Å². The fourth-order valence-electron chi connectivity index (χ4n) is 3.93. The number of carbonyl (C=O) groups is 2. The standard InChI is InChI=1S/C26H33Cl2N3O6S/c1-5-17(2)29-26(33)18(3)30(15-19-8-9-20(27)13-22(19)28)25(32)7-6-12-31(38(4,34)35)21-10-11-23-24(14-21)37-16-36-23/h8-11,13-14,17-18H,5-7,12,15-16H2,1-4H3,(H,29,33)/t17-,18-/m1/s1. The normalized spacial score (nSPS) is 14.1. The van der Waals surface area contributed by atoms with E-state index in [-0.39, 0.29) is 50.6 Å². The first kappa shape index (κ1) is 29.9. The van der Waals surface area contributed by atoms with Crippen molar-refractivity contribution in [3.05, 3.63) is 52.0 Å². The van der Waals surface area contributed by atoms with Crippen molar-refractivity contribution in [2.45, 2.75) is 58.7 Å². The molecule has 1 N–H and O–H groups in total. The molecule has 2 amide bonds. The second-order valence-electron chi connectivity index (χ2n) is 9.23. The highest BCUT2D eigenvalue weighted by Crippen LogP contribution is 2.36. The molecule has 2 aromatic rings. The van der Waals surface area contributed by atoms with Crippen molar-refractivity contribution < 1.29 is 27.5 Å². The third-order valence-corrected chi connectivity index (χ3v) is 8.10. The summed E-state index contributed by atoms with van der Waals surface area (Å²) in [5.74, 6) is 0.413. The number of nitrogens with one attached hydrogen (secondary N) is 1. The lowest BCUT2D eigenvalue weighted by Crippen LogP contribution is -2.49. The Morgan fingerprint density at radius 2 is 1.79 bits per heavy atom. The number of hydrogen-bond donors (Lipinski definition) is 1. The highest BCUT2D eigenvalue weighted by atomic mass is 35.5. The fourth-order valence-corrected chi connectivity index (χ4v) is 5.35. The van der Waals surface area contributed by atoms with Crippen LogP contribution in [0.15, 0.2) is 36.4 Å². The number of fused-ring (bicyclic) bond motifs is 1. The average molecular weight is 587 g/mol. The Kier molecular flexibility index (Phi) is 10.1. The van der Waals surface area contributed by atoms with E-state index >= 15 is 0 Å². The van der Waals surface area contributed by atoms with Crippen LogP contribution in [0.5, 0.6) is 11.5 Å². The van der Waals surface area contributed by atoms with Crippen LogP contribution in [0.2, 0.25) is 10.0 Å². The maximum Gasteiger partial charge on any atom is 0.242 e. The molecule has 0 radical (unpaired) electrons. The molecular weight excluding hydrogens is 553 g/mol. The topological polar surface area (TPSA) is 105 Å². The molecule has 0 spiro atoms. The van der Waals surface area contributed by atoms with E-state index in [4.69, 9.17) is 32.7 Å². The molecule has 0 saturated carbocycles. The summed E-state index contributed by atoms with van der Waals surface area (Å²) < 4.78 is 37.0. The summed E-state index contributed by atoms with van der Waals surface area (Å²) in [6.07, 6.45) is 2.10. The van der Waals surface area contributed by atoms with E-state index in [1.807, 2.05) is 13.8 Å². The Hall–Kier alpha value is -2.69. The van der Waals surface area contributed by atoms with E-state index in [0.29, 0.717) is 32.8 Å². The van der Waals surface area contributed by atoms with Gasteiger partial charge in [0, 0.05) is 41.7 Å². The zero-order valence-electron chi connectivity index (χ0n) is 21.9. The van der Waals surface area contributed by atoms with Gasteiger partial charge in [0.1, 0.15) is 6.04 Å². The van der Waals surface area contributed by atoms with Crippen molar-refractivity contribution in [2.75, 3.05) is 23.9 Å². The number of sulfonamides is 1. The summed E-state index contributed by atoms with van der Waals surface area (Å²) in [7, 11) is -3.64. The maximum atomic E-state index is 13.4. The van der Waals surface area contributed by atoms with Gasteiger partial charge in [-0.1, -0.05) is 36.2 Å². The summed E-state index contributed by atoms with van der Waals surface area (Å²) in [6.45, 7) is 5.74. The molecule has 38 heavy (non-hydrogen) atoms. The first-order valence-corrected chi connectivity index (χ1v) is 14.9. The van der Waals surface area contributed by atoms with Gasteiger partial charge in [-0.2, -0.15) is 0 Å². The predicted octanol–water partition coefficient (Wildman–Crippen LogP) is 4.60. The van der Waals surface area contributed by atoms with Gasteiger partial charge in [0.15, 0.2) is 11.5 Å². The van der Waals surface area contributed by atoms with Crippen molar-refractivity contribution >= 4 is 50.7 Å². The molecule has 2 atom stereocenters. The summed E-state index contributed by atoms with van der Waals surface area (Å²) in [4.78, 5) is 27.8. The van der Waals surface area contributed by atoms with Crippen molar-refractivity contribution in [3.63, 3.8) is 0 Å². The monoisotopic (exact) mass is 585 g/mol. The number of hydrogen-bond acceptors (Lipinski definition) is 6. The molecule has 0 fully saturated rings. The summed E-state index contributed by atoms with van der Waals surface area (Å²) in [5.41, 5.74) is 1.06. The molecule has 0 bridgehead atoms. The Labute approximate surface area is 234 Å². The van der Waals surface area contributed by atoms with Crippen molar-refractivity contribution in [2.24, 2.45) is 0 Å². The van der Waals surface area contributed by atoms with Gasteiger partial charge in [-0.25, -0.2) is 8.42 Å². The Morgan fingerprint density at radius 3 is 2.45 bits per heavy atom. The molecule has 3 rings (SSSR count). The van der Waals surface area contributed by atoms with E-state index in [1.165, 1.54) is 9.21 Å². The first-order chi connectivity index (χ1) is 17.9. The minimum Gasteiger partial charge on any atom is -0.454 e. The van der Waals surface area contributed by atoms with Crippen molar-refractivity contribution in [3.8, 4) is 11.5 Å². The van der Waals surface area contributed by atoms with Crippen LogP contribution in [0, 0.1) is 0 Å². The number of nitrogens with zero attached hydrogens (tertiary/aromatic N) is 2. The number of amides is 2. The molecule has 1 aliphatic heterocycles.